The van der Waals surface area contributed by atoms with E-state index in [0.29, 0.717) is 17.7 Å². The molecule has 4 nitrogen and oxygen atoms in total. The molecule has 0 aliphatic carbocycles. The highest BCUT2D eigenvalue weighted by molar-refractivity contribution is 5.93. The molecule has 0 radical (unpaired) electrons. The second kappa shape index (κ2) is 9.30. The number of hydrogen-bond acceptors (Lipinski definition) is 3. The molecule has 0 spiro atoms. The van der Waals surface area contributed by atoms with Crippen molar-refractivity contribution in [1.82, 2.24) is 10.6 Å². The Bertz CT molecular complexity index is 688. The van der Waals surface area contributed by atoms with Crippen molar-refractivity contribution in [1.29, 1.82) is 0 Å². The maximum atomic E-state index is 13.6. The minimum Gasteiger partial charge on any atom is -0.387 e. The standard InChI is InChI=1S/C20H25FN2O2/c1-14(23-13-19(24)17-5-3-4-6-18(17)21)7-8-15-9-11-16(12-10-15)20(25)22-2/h3-6,9-12,14,19,23-24H,7-8,13H2,1-2H3,(H,22,25)/t14-,19?/m1/s1. The minimum absolute atomic E-state index is 0.0938. The number of aliphatic hydroxyl groups excluding tert-OH is 1. The van der Waals surface area contributed by atoms with Gasteiger partial charge in [-0.15, -0.1) is 0 Å². The summed E-state index contributed by atoms with van der Waals surface area (Å²) in [7, 11) is 1.61. The van der Waals surface area contributed by atoms with Gasteiger partial charge in [-0.1, -0.05) is 30.3 Å². The zero-order chi connectivity index (χ0) is 18.2. The van der Waals surface area contributed by atoms with Crippen LogP contribution in [0.1, 0.15) is 40.9 Å². The number of hydrogen-bond donors (Lipinski definition) is 3. The number of amides is 1. The van der Waals surface area contributed by atoms with Crippen LogP contribution in [-0.4, -0.2) is 30.6 Å². The fourth-order valence-corrected chi connectivity index (χ4v) is 2.62. The van der Waals surface area contributed by atoms with Crippen molar-refractivity contribution >= 4 is 5.91 Å². The van der Waals surface area contributed by atoms with Crippen LogP contribution in [0.25, 0.3) is 0 Å². The predicted octanol–water partition coefficient (Wildman–Crippen LogP) is 2.83. The van der Waals surface area contributed by atoms with Crippen molar-refractivity contribution in [3.05, 3.63) is 71.0 Å². The zero-order valence-corrected chi connectivity index (χ0v) is 14.6. The molecule has 25 heavy (non-hydrogen) atoms. The fraction of sp³-hybridized carbons (Fsp3) is 0.350. The summed E-state index contributed by atoms with van der Waals surface area (Å²) in [5.74, 6) is -0.482. The van der Waals surface area contributed by atoms with E-state index in [1.807, 2.05) is 31.2 Å². The predicted molar refractivity (Wildman–Crippen MR) is 97.0 cm³/mol. The minimum atomic E-state index is -0.865. The quantitative estimate of drug-likeness (QED) is 0.690. The molecule has 2 rings (SSSR count). The van der Waals surface area contributed by atoms with Gasteiger partial charge in [0.05, 0.1) is 6.10 Å². The number of halogens is 1. The van der Waals surface area contributed by atoms with Gasteiger partial charge in [0.15, 0.2) is 0 Å². The first kappa shape index (κ1) is 19.1. The van der Waals surface area contributed by atoms with Crippen molar-refractivity contribution in [2.45, 2.75) is 31.9 Å². The van der Waals surface area contributed by atoms with Crippen molar-refractivity contribution < 1.29 is 14.3 Å². The Balaban J connectivity index is 1.78. The molecule has 0 saturated carbocycles. The summed E-state index contributed by atoms with van der Waals surface area (Å²) in [6.07, 6.45) is 0.872. The molecule has 0 heterocycles. The van der Waals surface area contributed by atoms with Gasteiger partial charge in [0, 0.05) is 30.8 Å². The third-order valence-corrected chi connectivity index (χ3v) is 4.23. The Hall–Kier alpha value is -2.24. The molecular weight excluding hydrogens is 319 g/mol. The van der Waals surface area contributed by atoms with Crippen molar-refractivity contribution in [2.24, 2.45) is 0 Å². The normalized spacial score (nSPS) is 13.3. The lowest BCUT2D eigenvalue weighted by Crippen LogP contribution is -2.31. The molecule has 0 saturated heterocycles. The Morgan fingerprint density at radius 2 is 1.84 bits per heavy atom. The van der Waals surface area contributed by atoms with Crippen LogP contribution < -0.4 is 10.6 Å². The first-order valence-electron chi connectivity index (χ1n) is 8.48. The highest BCUT2D eigenvalue weighted by Gasteiger charge is 2.13. The first-order valence-corrected chi connectivity index (χ1v) is 8.48. The average molecular weight is 344 g/mol. The summed E-state index contributed by atoms with van der Waals surface area (Å²) in [5.41, 5.74) is 2.10. The van der Waals surface area contributed by atoms with Crippen LogP contribution in [0.3, 0.4) is 0 Å². The van der Waals surface area contributed by atoms with E-state index in [9.17, 15) is 14.3 Å². The summed E-state index contributed by atoms with van der Waals surface area (Å²) in [6.45, 7) is 2.34. The average Bonchev–Trinajstić information content (AvgIpc) is 2.64. The number of benzene rings is 2. The van der Waals surface area contributed by atoms with Crippen LogP contribution in [0.15, 0.2) is 48.5 Å². The van der Waals surface area contributed by atoms with Gasteiger partial charge < -0.3 is 15.7 Å². The Morgan fingerprint density at radius 1 is 1.16 bits per heavy atom. The zero-order valence-electron chi connectivity index (χ0n) is 14.6. The summed E-state index contributed by atoms with van der Waals surface area (Å²) < 4.78 is 13.6. The Labute approximate surface area is 148 Å². The van der Waals surface area contributed by atoms with Crippen LogP contribution in [-0.2, 0) is 6.42 Å². The van der Waals surface area contributed by atoms with E-state index in [-0.39, 0.29) is 17.8 Å². The molecule has 0 bridgehead atoms. The van der Waals surface area contributed by atoms with E-state index in [4.69, 9.17) is 0 Å². The number of rotatable bonds is 8. The molecule has 5 heteroatoms. The van der Waals surface area contributed by atoms with Gasteiger partial charge in [-0.2, -0.15) is 0 Å². The van der Waals surface area contributed by atoms with E-state index in [1.54, 1.807) is 25.2 Å². The van der Waals surface area contributed by atoms with E-state index < -0.39 is 6.10 Å². The van der Waals surface area contributed by atoms with Gasteiger partial charge in [-0.3, -0.25) is 4.79 Å². The summed E-state index contributed by atoms with van der Waals surface area (Å²) in [6, 6.07) is 14.0. The van der Waals surface area contributed by atoms with Gasteiger partial charge >= 0.3 is 0 Å². The molecule has 2 aromatic rings. The number of aliphatic hydroxyl groups is 1. The van der Waals surface area contributed by atoms with E-state index >= 15 is 0 Å². The molecule has 0 aliphatic rings. The maximum absolute atomic E-state index is 13.6. The Kier molecular flexibility index (Phi) is 7.10. The molecule has 0 aliphatic heterocycles. The molecule has 0 aromatic heterocycles. The summed E-state index contributed by atoms with van der Waals surface area (Å²) >= 11 is 0. The molecule has 3 N–H and O–H groups in total. The van der Waals surface area contributed by atoms with Gasteiger partial charge in [-0.25, -0.2) is 4.39 Å². The number of aryl methyl sites for hydroxylation is 1. The highest BCUT2D eigenvalue weighted by Crippen LogP contribution is 2.16. The van der Waals surface area contributed by atoms with Crippen LogP contribution in [0.5, 0.6) is 0 Å². The van der Waals surface area contributed by atoms with Gasteiger partial charge in [0.2, 0.25) is 0 Å². The third-order valence-electron chi connectivity index (χ3n) is 4.23. The van der Waals surface area contributed by atoms with Gasteiger partial charge in [-0.05, 0) is 43.5 Å². The molecule has 0 fully saturated rings. The van der Waals surface area contributed by atoms with E-state index in [2.05, 4.69) is 10.6 Å². The maximum Gasteiger partial charge on any atom is 0.251 e. The number of carbonyl (C=O) groups is 1. The molecule has 2 aromatic carbocycles. The topological polar surface area (TPSA) is 61.4 Å². The van der Waals surface area contributed by atoms with Gasteiger partial charge in [0.1, 0.15) is 5.82 Å². The highest BCUT2D eigenvalue weighted by atomic mass is 19.1. The molecular formula is C20H25FN2O2. The van der Waals surface area contributed by atoms with E-state index in [0.717, 1.165) is 18.4 Å². The van der Waals surface area contributed by atoms with Crippen LogP contribution >= 0.6 is 0 Å². The van der Waals surface area contributed by atoms with Crippen LogP contribution in [0.4, 0.5) is 4.39 Å². The monoisotopic (exact) mass is 344 g/mol. The summed E-state index contributed by atoms with van der Waals surface area (Å²) in [5, 5.41) is 15.9. The second-order valence-corrected chi connectivity index (χ2v) is 6.16. The lowest BCUT2D eigenvalue weighted by atomic mass is 10.0. The summed E-state index contributed by atoms with van der Waals surface area (Å²) in [4.78, 5) is 11.5. The SMILES string of the molecule is CNC(=O)c1ccc(CC[C@@H](C)NCC(O)c2ccccc2F)cc1. The van der Waals surface area contributed by atoms with Crippen LogP contribution in [0, 0.1) is 5.82 Å². The number of nitrogens with one attached hydrogen (secondary N) is 2. The first-order chi connectivity index (χ1) is 12.0. The fourth-order valence-electron chi connectivity index (χ4n) is 2.62. The molecule has 134 valence electrons. The lowest BCUT2D eigenvalue weighted by molar-refractivity contribution is 0.0963. The molecule has 1 amide bonds. The number of carbonyl (C=O) groups excluding carboxylic acids is 1. The molecule has 2 atom stereocenters. The van der Waals surface area contributed by atoms with Crippen LogP contribution in [0.2, 0.25) is 0 Å². The second-order valence-electron chi connectivity index (χ2n) is 6.16. The van der Waals surface area contributed by atoms with Crippen molar-refractivity contribution in [2.75, 3.05) is 13.6 Å². The van der Waals surface area contributed by atoms with Crippen molar-refractivity contribution in [3.63, 3.8) is 0 Å². The Morgan fingerprint density at radius 3 is 2.48 bits per heavy atom. The third kappa shape index (κ3) is 5.66. The van der Waals surface area contributed by atoms with Crippen molar-refractivity contribution in [3.8, 4) is 0 Å². The molecule has 1 unspecified atom stereocenters. The van der Waals surface area contributed by atoms with E-state index in [1.165, 1.54) is 6.07 Å². The lowest BCUT2D eigenvalue weighted by Gasteiger charge is -2.18. The van der Waals surface area contributed by atoms with Gasteiger partial charge in [0.25, 0.3) is 5.91 Å². The smallest absolute Gasteiger partial charge is 0.251 e. The largest absolute Gasteiger partial charge is 0.387 e.